The zero-order chi connectivity index (χ0) is 18.6. The summed E-state index contributed by atoms with van der Waals surface area (Å²) in [7, 11) is 1.58. The maximum Gasteiger partial charge on any atom is 0.337 e. The molecule has 2 atom stereocenters. The number of nitrogens with zero attached hydrogens (tertiary/aromatic N) is 2. The fourth-order valence-corrected chi connectivity index (χ4v) is 5.09. The van der Waals surface area contributed by atoms with Gasteiger partial charge < -0.3 is 9.05 Å². The van der Waals surface area contributed by atoms with E-state index in [4.69, 9.17) is 14.1 Å². The molecule has 0 aliphatic carbocycles. The van der Waals surface area contributed by atoms with Crippen LogP contribution in [0.2, 0.25) is 0 Å². The van der Waals surface area contributed by atoms with E-state index in [1.54, 1.807) is 0 Å². The van der Waals surface area contributed by atoms with E-state index in [0.717, 1.165) is 17.7 Å². The molecule has 2 unspecified atom stereocenters. The molecule has 138 valence electrons. The fraction of sp³-hybridized carbons (Fsp3) is 0.350. The Balaban J connectivity index is 1.84. The van der Waals surface area contributed by atoms with Crippen molar-refractivity contribution in [3.8, 4) is 0 Å². The third kappa shape index (κ3) is 3.90. The minimum absolute atomic E-state index is 0.201. The van der Waals surface area contributed by atoms with Crippen LogP contribution >= 0.6 is 7.60 Å². The topological polar surface area (TPSA) is 51.1 Å². The van der Waals surface area contributed by atoms with Crippen LogP contribution in [0.4, 0.5) is 0 Å². The molecule has 0 fully saturated rings. The van der Waals surface area contributed by atoms with Crippen molar-refractivity contribution in [3.05, 3.63) is 71.8 Å². The maximum atomic E-state index is 13.2. The summed E-state index contributed by atoms with van der Waals surface area (Å²) in [5, 5.41) is 6.69. The number of hydrogen-bond acceptors (Lipinski definition) is 5. The molecule has 0 bridgehead atoms. The van der Waals surface area contributed by atoms with E-state index in [2.05, 4.69) is 12.1 Å². The second-order valence-corrected chi connectivity index (χ2v) is 8.84. The van der Waals surface area contributed by atoms with Gasteiger partial charge >= 0.3 is 7.60 Å². The van der Waals surface area contributed by atoms with Crippen molar-refractivity contribution < 1.29 is 13.6 Å². The van der Waals surface area contributed by atoms with Crippen LogP contribution < -0.4 is 0 Å². The molecule has 0 saturated heterocycles. The second-order valence-electron chi connectivity index (χ2n) is 6.41. The van der Waals surface area contributed by atoms with Crippen molar-refractivity contribution >= 4 is 13.3 Å². The van der Waals surface area contributed by atoms with Gasteiger partial charge in [-0.05, 0) is 11.1 Å². The van der Waals surface area contributed by atoms with E-state index in [9.17, 15) is 4.57 Å². The Hall–Kier alpha value is -1.94. The Bertz CT molecular complexity index is 787. The highest BCUT2D eigenvalue weighted by atomic mass is 31.2. The first-order valence-electron chi connectivity index (χ1n) is 8.67. The molecule has 0 N–H and O–H groups in total. The minimum Gasteiger partial charge on any atom is -0.312 e. The van der Waals surface area contributed by atoms with Crippen molar-refractivity contribution in [2.75, 3.05) is 21.3 Å². The van der Waals surface area contributed by atoms with Gasteiger partial charge in [-0.25, -0.2) is 0 Å². The quantitative estimate of drug-likeness (QED) is 0.639. The molecule has 2 aromatic carbocycles. The van der Waals surface area contributed by atoms with Gasteiger partial charge in [0.25, 0.3) is 0 Å². The number of benzene rings is 2. The SMILES string of the molecule is COP(=O)(OC)C(CC1=NN(C)C(c2ccccc2)C1)c1ccccc1. The summed E-state index contributed by atoms with van der Waals surface area (Å²) in [4.78, 5) is 0. The van der Waals surface area contributed by atoms with Gasteiger partial charge in [0.05, 0.1) is 11.7 Å². The number of hydrazone groups is 1. The first kappa shape index (κ1) is 18.8. The first-order valence-corrected chi connectivity index (χ1v) is 10.3. The van der Waals surface area contributed by atoms with E-state index in [1.165, 1.54) is 19.8 Å². The van der Waals surface area contributed by atoms with E-state index in [0.29, 0.717) is 6.42 Å². The molecule has 26 heavy (non-hydrogen) atoms. The normalized spacial score (nSPS) is 18.7. The highest BCUT2D eigenvalue weighted by molar-refractivity contribution is 7.54. The van der Waals surface area contributed by atoms with Crippen molar-refractivity contribution in [1.29, 1.82) is 0 Å². The Labute approximate surface area is 155 Å². The molecule has 0 saturated carbocycles. The highest BCUT2D eigenvalue weighted by Gasteiger charge is 2.38. The van der Waals surface area contributed by atoms with Crippen LogP contribution in [0.25, 0.3) is 0 Å². The molecule has 2 aromatic rings. The molecule has 6 heteroatoms. The monoisotopic (exact) mass is 372 g/mol. The van der Waals surface area contributed by atoms with Crippen LogP contribution in [0.15, 0.2) is 65.8 Å². The first-order chi connectivity index (χ1) is 12.6. The predicted octanol–water partition coefficient (Wildman–Crippen LogP) is 5.04. The Kier molecular flexibility index (Phi) is 5.92. The summed E-state index contributed by atoms with van der Waals surface area (Å²) in [6.07, 6.45) is 1.34. The molecule has 1 aliphatic rings. The van der Waals surface area contributed by atoms with Gasteiger partial charge in [-0.3, -0.25) is 9.57 Å². The third-order valence-corrected chi connectivity index (χ3v) is 7.13. The van der Waals surface area contributed by atoms with Crippen LogP contribution in [0.3, 0.4) is 0 Å². The molecule has 5 nitrogen and oxygen atoms in total. The van der Waals surface area contributed by atoms with E-state index >= 15 is 0 Å². The summed E-state index contributed by atoms with van der Waals surface area (Å²) in [6, 6.07) is 20.3. The molecule has 0 spiro atoms. The van der Waals surface area contributed by atoms with Gasteiger partial charge in [-0.1, -0.05) is 60.7 Å². The summed E-state index contributed by atoms with van der Waals surface area (Å²) in [5.41, 5.74) is 2.80. The summed E-state index contributed by atoms with van der Waals surface area (Å²) in [6.45, 7) is 0. The van der Waals surface area contributed by atoms with Crippen LogP contribution in [-0.2, 0) is 13.6 Å². The van der Waals surface area contributed by atoms with Crippen molar-refractivity contribution in [3.63, 3.8) is 0 Å². The molecule has 0 radical (unpaired) electrons. The van der Waals surface area contributed by atoms with Crippen molar-refractivity contribution in [2.45, 2.75) is 24.5 Å². The molecular weight excluding hydrogens is 347 g/mol. The summed E-state index contributed by atoms with van der Waals surface area (Å²) >= 11 is 0. The van der Waals surface area contributed by atoms with Gasteiger partial charge in [0.15, 0.2) is 0 Å². The third-order valence-electron chi connectivity index (χ3n) is 4.87. The zero-order valence-corrected chi connectivity index (χ0v) is 16.3. The Morgan fingerprint density at radius 1 is 1.08 bits per heavy atom. The molecule has 3 rings (SSSR count). The number of rotatable bonds is 7. The van der Waals surface area contributed by atoms with Gasteiger partial charge in [-0.15, -0.1) is 0 Å². The lowest BCUT2D eigenvalue weighted by molar-refractivity contribution is 0.266. The Morgan fingerprint density at radius 3 is 2.23 bits per heavy atom. The fourth-order valence-electron chi connectivity index (χ4n) is 3.46. The van der Waals surface area contributed by atoms with Crippen LogP contribution in [0, 0.1) is 0 Å². The largest absolute Gasteiger partial charge is 0.337 e. The second kappa shape index (κ2) is 8.17. The molecule has 1 heterocycles. The number of hydrogen-bond donors (Lipinski definition) is 0. The molecule has 1 aliphatic heterocycles. The van der Waals surface area contributed by atoms with E-state index < -0.39 is 7.60 Å². The Morgan fingerprint density at radius 2 is 1.65 bits per heavy atom. The average molecular weight is 372 g/mol. The van der Waals surface area contributed by atoms with Crippen LogP contribution in [0.5, 0.6) is 0 Å². The van der Waals surface area contributed by atoms with Crippen molar-refractivity contribution in [1.82, 2.24) is 5.01 Å². The van der Waals surface area contributed by atoms with Gasteiger partial charge in [0.1, 0.15) is 0 Å². The lowest BCUT2D eigenvalue weighted by Crippen LogP contribution is -2.13. The summed E-state index contributed by atoms with van der Waals surface area (Å²) in [5.74, 6) is 0. The molecule has 0 aromatic heterocycles. The predicted molar refractivity (Wildman–Crippen MR) is 104 cm³/mol. The highest BCUT2D eigenvalue weighted by Crippen LogP contribution is 2.61. The van der Waals surface area contributed by atoms with Crippen LogP contribution in [0.1, 0.15) is 35.7 Å². The van der Waals surface area contributed by atoms with Crippen molar-refractivity contribution in [2.24, 2.45) is 5.10 Å². The van der Waals surface area contributed by atoms with Gasteiger partial charge in [-0.2, -0.15) is 5.10 Å². The average Bonchev–Trinajstić information content (AvgIpc) is 3.07. The van der Waals surface area contributed by atoms with Gasteiger partial charge in [0, 0.05) is 39.8 Å². The minimum atomic E-state index is -3.28. The van der Waals surface area contributed by atoms with E-state index in [-0.39, 0.29) is 11.7 Å². The zero-order valence-electron chi connectivity index (χ0n) is 15.4. The van der Waals surface area contributed by atoms with Gasteiger partial charge in [0.2, 0.25) is 0 Å². The smallest absolute Gasteiger partial charge is 0.312 e. The lowest BCUT2D eigenvalue weighted by Gasteiger charge is -2.24. The standard InChI is InChI=1S/C20H25N2O3P/c1-22-19(16-10-6-4-7-11-16)14-18(21-22)15-20(26(23,24-2)25-3)17-12-8-5-9-13-17/h4-13,19-20H,14-15H2,1-3H3. The molecular formula is C20H25N2O3P. The maximum absolute atomic E-state index is 13.2. The lowest BCUT2D eigenvalue weighted by atomic mass is 9.98. The van der Waals surface area contributed by atoms with Crippen LogP contribution in [-0.4, -0.2) is 32.0 Å². The summed E-state index contributed by atoms with van der Waals surface area (Å²) < 4.78 is 23.8. The molecule has 0 amide bonds. The van der Waals surface area contributed by atoms with E-state index in [1.807, 2.05) is 60.6 Å².